The van der Waals surface area contributed by atoms with Crippen molar-refractivity contribution in [2.45, 2.75) is 57.9 Å². The summed E-state index contributed by atoms with van der Waals surface area (Å²) in [6.45, 7) is 3.18. The monoisotopic (exact) mass is 238 g/mol. The Labute approximate surface area is 104 Å². The van der Waals surface area contributed by atoms with E-state index in [0.29, 0.717) is 12.0 Å². The largest absolute Gasteiger partial charge is 0.353 e. The van der Waals surface area contributed by atoms with Gasteiger partial charge in [0.05, 0.1) is 0 Å². The highest BCUT2D eigenvalue weighted by Crippen LogP contribution is 2.36. The second-order valence-corrected chi connectivity index (χ2v) is 5.63. The van der Waals surface area contributed by atoms with Gasteiger partial charge in [-0.3, -0.25) is 10.4 Å². The van der Waals surface area contributed by atoms with Crippen LogP contribution in [0.3, 0.4) is 0 Å². The molecule has 4 heteroatoms. The Morgan fingerprint density at radius 3 is 2.53 bits per heavy atom. The van der Waals surface area contributed by atoms with Gasteiger partial charge < -0.3 is 5.32 Å². The fourth-order valence-corrected chi connectivity index (χ4v) is 2.62. The van der Waals surface area contributed by atoms with E-state index in [1.54, 1.807) is 0 Å². The Balaban J connectivity index is 1.75. The average molecular weight is 238 g/mol. The highest BCUT2D eigenvalue weighted by molar-refractivity contribution is 5.79. The van der Waals surface area contributed by atoms with Gasteiger partial charge in [-0.25, -0.2) is 5.84 Å². The minimum atomic E-state index is 0.565. The van der Waals surface area contributed by atoms with Gasteiger partial charge in [0.25, 0.3) is 0 Å². The summed E-state index contributed by atoms with van der Waals surface area (Å²) in [5.74, 6) is 7.92. The van der Waals surface area contributed by atoms with Crippen LogP contribution < -0.4 is 16.6 Å². The van der Waals surface area contributed by atoms with E-state index in [9.17, 15) is 0 Å². The van der Waals surface area contributed by atoms with Crippen LogP contribution in [0.5, 0.6) is 0 Å². The predicted octanol–water partition coefficient (Wildman–Crippen LogP) is 1.77. The molecule has 1 unspecified atom stereocenters. The lowest BCUT2D eigenvalue weighted by atomic mass is 9.96. The molecule has 2 rings (SSSR count). The number of guanidine groups is 1. The Morgan fingerprint density at radius 2 is 1.94 bits per heavy atom. The first-order valence-corrected chi connectivity index (χ1v) is 7.07. The topological polar surface area (TPSA) is 62.4 Å². The Morgan fingerprint density at radius 1 is 1.24 bits per heavy atom. The molecule has 0 aromatic carbocycles. The van der Waals surface area contributed by atoms with Gasteiger partial charge in [-0.1, -0.05) is 26.2 Å². The predicted molar refractivity (Wildman–Crippen MR) is 71.5 cm³/mol. The summed E-state index contributed by atoms with van der Waals surface area (Å²) in [4.78, 5) is 4.57. The number of rotatable bonds is 4. The molecule has 0 saturated heterocycles. The summed E-state index contributed by atoms with van der Waals surface area (Å²) in [5, 5.41) is 3.43. The molecule has 2 fully saturated rings. The van der Waals surface area contributed by atoms with Crippen LogP contribution in [-0.4, -0.2) is 18.5 Å². The van der Waals surface area contributed by atoms with Crippen LogP contribution in [-0.2, 0) is 0 Å². The normalized spacial score (nSPS) is 24.5. The van der Waals surface area contributed by atoms with Gasteiger partial charge in [-0.05, 0) is 37.5 Å². The zero-order chi connectivity index (χ0) is 12.1. The molecule has 98 valence electrons. The molecule has 2 saturated carbocycles. The zero-order valence-corrected chi connectivity index (χ0v) is 10.9. The van der Waals surface area contributed by atoms with Crippen molar-refractivity contribution < 1.29 is 0 Å². The highest BCUT2D eigenvalue weighted by atomic mass is 15.3. The van der Waals surface area contributed by atoms with Gasteiger partial charge in [0, 0.05) is 12.6 Å². The lowest BCUT2D eigenvalue weighted by Gasteiger charge is -2.24. The number of nitrogens with zero attached hydrogens (tertiary/aromatic N) is 1. The number of hydrazine groups is 1. The molecule has 2 aliphatic rings. The third kappa shape index (κ3) is 4.19. The molecule has 0 amide bonds. The standard InChI is InChI=1S/C13H26N4/c1-10(11-7-8-11)9-15-13(17-14)16-12-5-3-2-4-6-12/h10-12H,2-9,14H2,1H3,(H2,15,16,17). The van der Waals surface area contributed by atoms with Gasteiger partial charge in [0.15, 0.2) is 0 Å². The van der Waals surface area contributed by atoms with Crippen molar-refractivity contribution in [3.8, 4) is 0 Å². The van der Waals surface area contributed by atoms with Crippen LogP contribution >= 0.6 is 0 Å². The first-order chi connectivity index (χ1) is 8.29. The van der Waals surface area contributed by atoms with E-state index in [1.807, 2.05) is 0 Å². The van der Waals surface area contributed by atoms with Crippen molar-refractivity contribution in [1.82, 2.24) is 10.7 Å². The fourth-order valence-electron chi connectivity index (χ4n) is 2.62. The Hall–Kier alpha value is -0.770. The summed E-state index contributed by atoms with van der Waals surface area (Å²) in [6.07, 6.45) is 9.30. The maximum atomic E-state index is 5.52. The first-order valence-electron chi connectivity index (χ1n) is 7.07. The van der Waals surface area contributed by atoms with Gasteiger partial charge in [-0.15, -0.1) is 0 Å². The van der Waals surface area contributed by atoms with Gasteiger partial charge >= 0.3 is 0 Å². The van der Waals surface area contributed by atoms with E-state index in [2.05, 4.69) is 22.7 Å². The van der Waals surface area contributed by atoms with E-state index >= 15 is 0 Å². The van der Waals surface area contributed by atoms with Crippen LogP contribution in [0.25, 0.3) is 0 Å². The van der Waals surface area contributed by atoms with Crippen molar-refractivity contribution in [3.05, 3.63) is 0 Å². The lowest BCUT2D eigenvalue weighted by Crippen LogP contribution is -2.47. The molecule has 2 aliphatic carbocycles. The average Bonchev–Trinajstić information content (AvgIpc) is 3.19. The van der Waals surface area contributed by atoms with Crippen molar-refractivity contribution in [2.24, 2.45) is 22.7 Å². The number of aliphatic imine (C=N–C) groups is 1. The third-order valence-corrected chi connectivity index (χ3v) is 4.05. The van der Waals surface area contributed by atoms with Gasteiger partial charge in [0.1, 0.15) is 0 Å². The molecule has 0 radical (unpaired) electrons. The van der Waals surface area contributed by atoms with Crippen LogP contribution in [0.1, 0.15) is 51.9 Å². The van der Waals surface area contributed by atoms with Crippen LogP contribution in [0, 0.1) is 11.8 Å². The molecule has 0 aromatic heterocycles. The molecule has 17 heavy (non-hydrogen) atoms. The van der Waals surface area contributed by atoms with Crippen molar-refractivity contribution in [1.29, 1.82) is 0 Å². The molecule has 0 bridgehead atoms. The summed E-state index contributed by atoms with van der Waals surface area (Å²) in [5.41, 5.74) is 2.70. The molecule has 4 N–H and O–H groups in total. The fraction of sp³-hybridized carbons (Fsp3) is 0.923. The van der Waals surface area contributed by atoms with Gasteiger partial charge in [-0.2, -0.15) is 0 Å². The second kappa shape index (κ2) is 6.24. The number of hydrogen-bond acceptors (Lipinski definition) is 2. The quantitative estimate of drug-likeness (QED) is 0.303. The number of nitrogens with two attached hydrogens (primary N) is 1. The third-order valence-electron chi connectivity index (χ3n) is 4.05. The molecular formula is C13H26N4. The Kier molecular flexibility index (Phi) is 4.66. The van der Waals surface area contributed by atoms with Crippen LogP contribution in [0.15, 0.2) is 4.99 Å². The minimum absolute atomic E-state index is 0.565. The van der Waals surface area contributed by atoms with E-state index < -0.39 is 0 Å². The molecule has 4 nitrogen and oxygen atoms in total. The van der Waals surface area contributed by atoms with Crippen molar-refractivity contribution in [3.63, 3.8) is 0 Å². The van der Waals surface area contributed by atoms with E-state index in [0.717, 1.165) is 18.4 Å². The molecule has 0 aromatic rings. The highest BCUT2D eigenvalue weighted by Gasteiger charge is 2.27. The van der Waals surface area contributed by atoms with Crippen molar-refractivity contribution >= 4 is 5.96 Å². The summed E-state index contributed by atoms with van der Waals surface area (Å²) in [6, 6.07) is 0.565. The van der Waals surface area contributed by atoms with Crippen molar-refractivity contribution in [2.75, 3.05) is 6.54 Å². The van der Waals surface area contributed by atoms with Crippen LogP contribution in [0.2, 0.25) is 0 Å². The molecule has 1 atom stereocenters. The molecule has 0 aliphatic heterocycles. The summed E-state index contributed by atoms with van der Waals surface area (Å²) >= 11 is 0. The molecular weight excluding hydrogens is 212 g/mol. The van der Waals surface area contributed by atoms with E-state index in [1.165, 1.54) is 44.9 Å². The smallest absolute Gasteiger partial charge is 0.205 e. The van der Waals surface area contributed by atoms with Crippen LogP contribution in [0.4, 0.5) is 0 Å². The van der Waals surface area contributed by atoms with E-state index in [4.69, 9.17) is 5.84 Å². The first kappa shape index (κ1) is 12.7. The second-order valence-electron chi connectivity index (χ2n) is 5.63. The summed E-state index contributed by atoms with van der Waals surface area (Å²) in [7, 11) is 0. The van der Waals surface area contributed by atoms with E-state index in [-0.39, 0.29) is 0 Å². The zero-order valence-electron chi connectivity index (χ0n) is 10.9. The SMILES string of the molecule is CC(CN=C(NN)NC1CCCCC1)C1CC1. The van der Waals surface area contributed by atoms with Gasteiger partial charge in [0.2, 0.25) is 5.96 Å². The summed E-state index contributed by atoms with van der Waals surface area (Å²) < 4.78 is 0. The number of hydrogen-bond donors (Lipinski definition) is 3. The maximum absolute atomic E-state index is 5.52. The lowest BCUT2D eigenvalue weighted by molar-refractivity contribution is 0.409. The number of nitrogens with one attached hydrogen (secondary N) is 2. The molecule has 0 spiro atoms. The molecule has 0 heterocycles. The Bertz CT molecular complexity index is 254. The maximum Gasteiger partial charge on any atom is 0.205 e. The minimum Gasteiger partial charge on any atom is -0.353 e.